The predicted octanol–water partition coefficient (Wildman–Crippen LogP) is 5.19. The molecule has 1 saturated carbocycles. The van der Waals surface area contributed by atoms with Gasteiger partial charge in [-0.1, -0.05) is 34.5 Å². The number of halogens is 4. The van der Waals surface area contributed by atoms with Gasteiger partial charge < -0.3 is 5.11 Å². The van der Waals surface area contributed by atoms with Crippen molar-refractivity contribution in [3.8, 4) is 11.3 Å². The maximum atomic E-state index is 13.8. The average Bonchev–Trinajstić information content (AvgIpc) is 3.19. The summed E-state index contributed by atoms with van der Waals surface area (Å²) >= 11 is 4.39. The van der Waals surface area contributed by atoms with E-state index in [0.717, 1.165) is 27.8 Å². The number of anilines is 1. The molecule has 1 fully saturated rings. The van der Waals surface area contributed by atoms with Crippen molar-refractivity contribution in [1.29, 1.82) is 0 Å². The van der Waals surface area contributed by atoms with E-state index in [0.29, 0.717) is 29.3 Å². The quantitative estimate of drug-likeness (QED) is 0.691. The first-order chi connectivity index (χ1) is 12.3. The fraction of sp³-hybridized carbons (Fsp3) is 0.412. The Kier molecular flexibility index (Phi) is 4.36. The minimum atomic E-state index is -4.83. The summed E-state index contributed by atoms with van der Waals surface area (Å²) in [6.45, 7) is 0. The van der Waals surface area contributed by atoms with Crippen LogP contribution in [0.25, 0.3) is 11.3 Å². The van der Waals surface area contributed by atoms with Gasteiger partial charge in [-0.3, -0.25) is 0 Å². The predicted molar refractivity (Wildman–Crippen MR) is 98.1 cm³/mol. The second-order valence-corrected chi connectivity index (χ2v) is 8.20. The molecular formula is C17H15BrF3N3OS. The van der Waals surface area contributed by atoms with E-state index in [4.69, 9.17) is 0 Å². The number of benzene rings is 1. The number of thiazole rings is 1. The molecule has 2 aliphatic rings. The van der Waals surface area contributed by atoms with Gasteiger partial charge in [-0.15, -0.1) is 11.3 Å². The molecule has 0 radical (unpaired) electrons. The molecule has 0 amide bonds. The summed E-state index contributed by atoms with van der Waals surface area (Å²) in [6, 6.07) is 7.33. The maximum Gasteiger partial charge on any atom is 0.439 e. The second-order valence-electron chi connectivity index (χ2n) is 6.45. The topological polar surface area (TPSA) is 48.7 Å². The number of aromatic nitrogens is 1. The Morgan fingerprint density at radius 3 is 2.65 bits per heavy atom. The zero-order valence-corrected chi connectivity index (χ0v) is 15.9. The van der Waals surface area contributed by atoms with Crippen LogP contribution in [0.3, 0.4) is 0 Å². The molecule has 0 spiro atoms. The van der Waals surface area contributed by atoms with E-state index < -0.39 is 17.8 Å². The largest absolute Gasteiger partial charge is 0.439 e. The van der Waals surface area contributed by atoms with Crippen molar-refractivity contribution in [2.75, 3.05) is 5.01 Å². The molecular weight excluding hydrogens is 431 g/mol. The standard InChI is InChI=1S/C17H15BrF3N3OS/c18-11-7-5-10(6-8-11)14-9-26-15(22-14)24-16(25,17(19,20)21)12-3-1-2-4-13(12)23-24/h5-9,12,25H,1-4H2. The van der Waals surface area contributed by atoms with E-state index in [9.17, 15) is 18.3 Å². The number of nitrogens with zero attached hydrogens (tertiary/aromatic N) is 3. The van der Waals surface area contributed by atoms with E-state index in [1.165, 1.54) is 0 Å². The Balaban J connectivity index is 1.74. The van der Waals surface area contributed by atoms with Gasteiger partial charge in [0.1, 0.15) is 0 Å². The first kappa shape index (κ1) is 17.9. The highest BCUT2D eigenvalue weighted by molar-refractivity contribution is 9.10. The van der Waals surface area contributed by atoms with Crippen LogP contribution >= 0.6 is 27.3 Å². The normalized spacial score (nSPS) is 26.0. The molecule has 9 heteroatoms. The molecule has 1 aliphatic heterocycles. The monoisotopic (exact) mass is 445 g/mol. The molecule has 1 aliphatic carbocycles. The number of rotatable bonds is 2. The second kappa shape index (κ2) is 6.31. The summed E-state index contributed by atoms with van der Waals surface area (Å²) in [5.74, 6) is -1.03. The number of hydrogen-bond acceptors (Lipinski definition) is 5. The SMILES string of the molecule is OC1(C(F)(F)F)C2CCCCC2=NN1c1nc(-c2ccc(Br)cc2)cs1. The lowest BCUT2D eigenvalue weighted by Crippen LogP contribution is -2.60. The third-order valence-electron chi connectivity index (χ3n) is 4.85. The highest BCUT2D eigenvalue weighted by atomic mass is 79.9. The third-order valence-corrected chi connectivity index (χ3v) is 6.19. The molecule has 2 aromatic rings. The van der Waals surface area contributed by atoms with Gasteiger partial charge in [0, 0.05) is 21.1 Å². The minimum absolute atomic E-state index is 0.0460. The van der Waals surface area contributed by atoms with Gasteiger partial charge in [0.2, 0.25) is 5.13 Å². The molecule has 2 heterocycles. The molecule has 2 unspecified atom stereocenters. The fourth-order valence-corrected chi connectivity index (χ4v) is 4.62. The van der Waals surface area contributed by atoms with Crippen LogP contribution in [0.1, 0.15) is 25.7 Å². The van der Waals surface area contributed by atoms with Crippen LogP contribution < -0.4 is 5.01 Å². The summed E-state index contributed by atoms with van der Waals surface area (Å²) in [5.41, 5.74) is -1.28. The molecule has 1 aromatic heterocycles. The highest BCUT2D eigenvalue weighted by Crippen LogP contribution is 2.50. The molecule has 0 bridgehead atoms. The van der Waals surface area contributed by atoms with Crippen molar-refractivity contribution in [2.45, 2.75) is 37.6 Å². The van der Waals surface area contributed by atoms with Crippen LogP contribution in [0, 0.1) is 5.92 Å². The van der Waals surface area contributed by atoms with Crippen LogP contribution in [0.15, 0.2) is 39.2 Å². The highest BCUT2D eigenvalue weighted by Gasteiger charge is 2.67. The Hall–Kier alpha value is -1.45. The lowest BCUT2D eigenvalue weighted by atomic mass is 9.80. The number of alkyl halides is 3. The molecule has 138 valence electrons. The van der Waals surface area contributed by atoms with Gasteiger partial charge in [0.25, 0.3) is 5.72 Å². The van der Waals surface area contributed by atoms with Crippen LogP contribution in [0.2, 0.25) is 0 Å². The van der Waals surface area contributed by atoms with Gasteiger partial charge in [-0.05, 0) is 31.4 Å². The smallest absolute Gasteiger partial charge is 0.362 e. The summed E-state index contributed by atoms with van der Waals surface area (Å²) in [6.07, 6.45) is -2.64. The van der Waals surface area contributed by atoms with Crippen LogP contribution in [0.4, 0.5) is 18.3 Å². The van der Waals surface area contributed by atoms with Crippen molar-refractivity contribution in [2.24, 2.45) is 11.0 Å². The summed E-state index contributed by atoms with van der Waals surface area (Å²) < 4.78 is 42.4. The number of fused-ring (bicyclic) bond motifs is 1. The van der Waals surface area contributed by atoms with Crippen LogP contribution in [-0.2, 0) is 0 Å². The van der Waals surface area contributed by atoms with Crippen molar-refractivity contribution < 1.29 is 18.3 Å². The van der Waals surface area contributed by atoms with Gasteiger partial charge in [0.05, 0.1) is 11.6 Å². The van der Waals surface area contributed by atoms with E-state index in [1.807, 2.05) is 24.3 Å². The number of hydrazone groups is 1. The molecule has 26 heavy (non-hydrogen) atoms. The van der Waals surface area contributed by atoms with E-state index in [2.05, 4.69) is 26.0 Å². The first-order valence-electron chi connectivity index (χ1n) is 8.19. The van der Waals surface area contributed by atoms with Crippen LogP contribution in [0.5, 0.6) is 0 Å². The number of hydrogen-bond donors (Lipinski definition) is 1. The molecule has 1 aromatic carbocycles. The van der Waals surface area contributed by atoms with Gasteiger partial charge >= 0.3 is 6.18 Å². The van der Waals surface area contributed by atoms with Crippen molar-refractivity contribution in [1.82, 2.24) is 4.98 Å². The molecule has 4 nitrogen and oxygen atoms in total. The minimum Gasteiger partial charge on any atom is -0.362 e. The van der Waals surface area contributed by atoms with E-state index in [1.54, 1.807) is 5.38 Å². The van der Waals surface area contributed by atoms with Gasteiger partial charge in [0.15, 0.2) is 0 Å². The molecule has 2 atom stereocenters. The van der Waals surface area contributed by atoms with Crippen molar-refractivity contribution in [3.63, 3.8) is 0 Å². The Bertz CT molecular complexity index is 852. The maximum absolute atomic E-state index is 13.8. The molecule has 4 rings (SSSR count). The lowest BCUT2D eigenvalue weighted by molar-refractivity contribution is -0.269. The third kappa shape index (κ3) is 2.76. The Morgan fingerprint density at radius 1 is 1.23 bits per heavy atom. The zero-order chi connectivity index (χ0) is 18.5. The van der Waals surface area contributed by atoms with Crippen molar-refractivity contribution >= 4 is 38.1 Å². The average molecular weight is 446 g/mol. The Morgan fingerprint density at radius 2 is 1.96 bits per heavy atom. The summed E-state index contributed by atoms with van der Waals surface area (Å²) in [5, 5.41) is 17.3. The molecule has 0 saturated heterocycles. The van der Waals surface area contributed by atoms with Gasteiger partial charge in [-0.25, -0.2) is 4.98 Å². The van der Waals surface area contributed by atoms with Gasteiger partial charge in [-0.2, -0.15) is 23.3 Å². The fourth-order valence-electron chi connectivity index (χ4n) is 3.52. The van der Waals surface area contributed by atoms with Crippen molar-refractivity contribution in [3.05, 3.63) is 34.1 Å². The Labute approximate surface area is 160 Å². The van der Waals surface area contributed by atoms with E-state index >= 15 is 0 Å². The van der Waals surface area contributed by atoms with E-state index in [-0.39, 0.29) is 11.6 Å². The lowest BCUT2D eigenvalue weighted by Gasteiger charge is -2.38. The molecule has 1 N–H and O–H groups in total. The first-order valence-corrected chi connectivity index (χ1v) is 9.86. The summed E-state index contributed by atoms with van der Waals surface area (Å²) in [7, 11) is 0. The van der Waals surface area contributed by atoms with Crippen LogP contribution in [-0.4, -0.2) is 27.7 Å². The summed E-state index contributed by atoms with van der Waals surface area (Å²) in [4.78, 5) is 4.32. The number of aliphatic hydroxyl groups is 1. The zero-order valence-electron chi connectivity index (χ0n) is 13.5.